The zero-order chi connectivity index (χ0) is 13.6. The molecule has 3 rings (SSSR count). The van der Waals surface area contributed by atoms with E-state index in [-0.39, 0.29) is 0 Å². The van der Waals surface area contributed by atoms with Crippen LogP contribution in [0.1, 0.15) is 61.4 Å². The standard InChI is InChI=1S/C19H26/c1-5-15-11-17-8-12(2)9-18(17)14(4)19(15)10-13(3)16-6-7-16/h10-12,16H,5-9H2,1-4H3/b13-10+/t12-/m1/s1. The minimum atomic E-state index is 0.835. The second kappa shape index (κ2) is 4.81. The summed E-state index contributed by atoms with van der Waals surface area (Å²) < 4.78 is 0. The van der Waals surface area contributed by atoms with Gasteiger partial charge < -0.3 is 0 Å². The molecule has 2 aliphatic carbocycles. The Bertz CT molecular complexity index is 529. The maximum absolute atomic E-state index is 2.50. The second-order valence-electron chi connectivity index (χ2n) is 6.74. The van der Waals surface area contributed by atoms with Crippen LogP contribution in [0.15, 0.2) is 11.6 Å². The van der Waals surface area contributed by atoms with Crippen LogP contribution in [0.4, 0.5) is 0 Å². The summed E-state index contributed by atoms with van der Waals surface area (Å²) in [5, 5.41) is 0. The molecule has 19 heavy (non-hydrogen) atoms. The number of hydrogen-bond acceptors (Lipinski definition) is 0. The van der Waals surface area contributed by atoms with E-state index in [1.54, 1.807) is 33.4 Å². The zero-order valence-electron chi connectivity index (χ0n) is 12.8. The lowest BCUT2D eigenvalue weighted by Crippen LogP contribution is -1.98. The number of aryl methyl sites for hydroxylation is 1. The highest BCUT2D eigenvalue weighted by molar-refractivity contribution is 5.64. The number of hydrogen-bond donors (Lipinski definition) is 0. The van der Waals surface area contributed by atoms with E-state index in [0.29, 0.717) is 0 Å². The van der Waals surface area contributed by atoms with Crippen molar-refractivity contribution < 1.29 is 0 Å². The molecular formula is C19H26. The van der Waals surface area contributed by atoms with Crippen LogP contribution in [-0.4, -0.2) is 0 Å². The summed E-state index contributed by atoms with van der Waals surface area (Å²) in [6.07, 6.45) is 9.04. The summed E-state index contributed by atoms with van der Waals surface area (Å²) in [6, 6.07) is 2.50. The highest BCUT2D eigenvalue weighted by atomic mass is 14.3. The molecule has 0 heteroatoms. The van der Waals surface area contributed by atoms with E-state index >= 15 is 0 Å². The molecule has 0 saturated heterocycles. The average molecular weight is 254 g/mol. The average Bonchev–Trinajstić information content (AvgIpc) is 3.15. The molecule has 2 aliphatic rings. The van der Waals surface area contributed by atoms with Gasteiger partial charge >= 0.3 is 0 Å². The molecule has 1 atom stereocenters. The summed E-state index contributed by atoms with van der Waals surface area (Å²) in [5.41, 5.74) is 9.55. The van der Waals surface area contributed by atoms with Gasteiger partial charge in [-0.25, -0.2) is 0 Å². The molecule has 1 fully saturated rings. The molecule has 0 aromatic heterocycles. The SMILES string of the molecule is CCc1cc2c(c(C)c1/C=C(\C)C1CC1)C[C@H](C)C2. The van der Waals surface area contributed by atoms with Gasteiger partial charge in [0.2, 0.25) is 0 Å². The van der Waals surface area contributed by atoms with Crippen LogP contribution in [0.2, 0.25) is 0 Å². The largest absolute Gasteiger partial charge is 0.0696 e. The first kappa shape index (κ1) is 13.0. The van der Waals surface area contributed by atoms with Crippen LogP contribution < -0.4 is 0 Å². The van der Waals surface area contributed by atoms with E-state index in [0.717, 1.165) is 18.3 Å². The van der Waals surface area contributed by atoms with Gasteiger partial charge in [0, 0.05) is 0 Å². The highest BCUT2D eigenvalue weighted by Gasteiger charge is 2.25. The Morgan fingerprint density at radius 2 is 2.05 bits per heavy atom. The van der Waals surface area contributed by atoms with Crippen LogP contribution >= 0.6 is 0 Å². The molecule has 0 nitrogen and oxygen atoms in total. The molecule has 0 heterocycles. The van der Waals surface area contributed by atoms with Crippen LogP contribution in [0.25, 0.3) is 6.08 Å². The summed E-state index contributed by atoms with van der Waals surface area (Å²) in [7, 11) is 0. The van der Waals surface area contributed by atoms with Gasteiger partial charge in [0.15, 0.2) is 0 Å². The van der Waals surface area contributed by atoms with Crippen molar-refractivity contribution in [2.24, 2.45) is 11.8 Å². The first-order chi connectivity index (χ1) is 9.10. The topological polar surface area (TPSA) is 0 Å². The molecule has 1 aromatic carbocycles. The lowest BCUT2D eigenvalue weighted by atomic mass is 9.91. The summed E-state index contributed by atoms with van der Waals surface area (Å²) in [6.45, 7) is 9.35. The third kappa shape index (κ3) is 2.38. The number of allylic oxidation sites excluding steroid dienone is 1. The fraction of sp³-hybridized carbons (Fsp3) is 0.579. The minimum absolute atomic E-state index is 0.835. The normalized spacial score (nSPS) is 22.7. The molecule has 1 aromatic rings. The Labute approximate surface area is 117 Å². The third-order valence-electron chi connectivity index (χ3n) is 5.03. The maximum atomic E-state index is 2.50. The van der Waals surface area contributed by atoms with E-state index in [4.69, 9.17) is 0 Å². The summed E-state index contributed by atoms with van der Waals surface area (Å²) in [5.74, 6) is 1.72. The van der Waals surface area contributed by atoms with Crippen molar-refractivity contribution in [3.63, 3.8) is 0 Å². The van der Waals surface area contributed by atoms with E-state index in [2.05, 4.69) is 39.8 Å². The molecule has 0 spiro atoms. The van der Waals surface area contributed by atoms with Crippen LogP contribution in [0, 0.1) is 18.8 Å². The van der Waals surface area contributed by atoms with Gasteiger partial charge in [-0.15, -0.1) is 0 Å². The predicted octanol–water partition coefficient (Wildman–Crippen LogP) is 5.11. The van der Waals surface area contributed by atoms with Crippen molar-refractivity contribution in [1.29, 1.82) is 0 Å². The Morgan fingerprint density at radius 3 is 2.68 bits per heavy atom. The lowest BCUT2D eigenvalue weighted by Gasteiger charge is -2.14. The molecule has 0 unspecified atom stereocenters. The molecule has 0 aliphatic heterocycles. The zero-order valence-corrected chi connectivity index (χ0v) is 12.8. The van der Waals surface area contributed by atoms with Crippen molar-refractivity contribution in [2.75, 3.05) is 0 Å². The van der Waals surface area contributed by atoms with E-state index in [1.807, 2.05) is 0 Å². The number of rotatable bonds is 3. The van der Waals surface area contributed by atoms with E-state index < -0.39 is 0 Å². The van der Waals surface area contributed by atoms with Crippen molar-refractivity contribution >= 4 is 6.08 Å². The van der Waals surface area contributed by atoms with Gasteiger partial charge in [0.25, 0.3) is 0 Å². The molecule has 0 bridgehead atoms. The fourth-order valence-electron chi connectivity index (χ4n) is 3.66. The van der Waals surface area contributed by atoms with Crippen LogP contribution in [-0.2, 0) is 19.3 Å². The molecule has 1 saturated carbocycles. The first-order valence-corrected chi connectivity index (χ1v) is 7.92. The van der Waals surface area contributed by atoms with Crippen molar-refractivity contribution in [3.8, 4) is 0 Å². The Hall–Kier alpha value is -1.04. The van der Waals surface area contributed by atoms with Crippen LogP contribution in [0.3, 0.4) is 0 Å². The number of benzene rings is 1. The van der Waals surface area contributed by atoms with E-state index in [9.17, 15) is 0 Å². The van der Waals surface area contributed by atoms with Gasteiger partial charge in [0.05, 0.1) is 0 Å². The molecule has 0 amide bonds. The lowest BCUT2D eigenvalue weighted by molar-refractivity contribution is 0.627. The molecule has 0 N–H and O–H groups in total. The quantitative estimate of drug-likeness (QED) is 0.703. The highest BCUT2D eigenvalue weighted by Crippen LogP contribution is 2.39. The van der Waals surface area contributed by atoms with Crippen LogP contribution in [0.5, 0.6) is 0 Å². The Morgan fingerprint density at radius 1 is 1.32 bits per heavy atom. The van der Waals surface area contributed by atoms with Crippen molar-refractivity contribution in [3.05, 3.63) is 39.5 Å². The summed E-state index contributed by atoms with van der Waals surface area (Å²) >= 11 is 0. The van der Waals surface area contributed by atoms with Crippen molar-refractivity contribution in [2.45, 2.75) is 59.8 Å². The number of fused-ring (bicyclic) bond motifs is 1. The third-order valence-corrected chi connectivity index (χ3v) is 5.03. The summed E-state index contributed by atoms with van der Waals surface area (Å²) in [4.78, 5) is 0. The van der Waals surface area contributed by atoms with Gasteiger partial charge in [-0.2, -0.15) is 0 Å². The van der Waals surface area contributed by atoms with E-state index in [1.165, 1.54) is 25.7 Å². The monoisotopic (exact) mass is 254 g/mol. The minimum Gasteiger partial charge on any atom is -0.0696 e. The van der Waals surface area contributed by atoms with Crippen molar-refractivity contribution in [1.82, 2.24) is 0 Å². The van der Waals surface area contributed by atoms with Gasteiger partial charge in [-0.05, 0) is 85.6 Å². The maximum Gasteiger partial charge on any atom is -0.0193 e. The van der Waals surface area contributed by atoms with Gasteiger partial charge in [-0.1, -0.05) is 31.6 Å². The van der Waals surface area contributed by atoms with Gasteiger partial charge in [0.1, 0.15) is 0 Å². The molecule has 102 valence electrons. The molecular weight excluding hydrogens is 228 g/mol. The Kier molecular flexibility index (Phi) is 3.28. The molecule has 0 radical (unpaired) electrons. The first-order valence-electron chi connectivity index (χ1n) is 7.92. The van der Waals surface area contributed by atoms with Gasteiger partial charge in [-0.3, -0.25) is 0 Å². The Balaban J connectivity index is 2.08. The predicted molar refractivity (Wildman–Crippen MR) is 83.5 cm³/mol. The smallest absolute Gasteiger partial charge is 0.0193 e. The second-order valence-corrected chi connectivity index (χ2v) is 6.74. The fourth-order valence-corrected chi connectivity index (χ4v) is 3.66.